The molecule has 0 unspecified atom stereocenters. The van der Waals surface area contributed by atoms with Gasteiger partial charge in [0.2, 0.25) is 0 Å². The lowest BCUT2D eigenvalue weighted by molar-refractivity contribution is -0.384. The number of alkyl halides is 6. The number of nitrogens with zero attached hydrogens (tertiary/aromatic N) is 7. The molecule has 6 rings (SSSR count). The Bertz CT molecular complexity index is 1610. The van der Waals surface area contributed by atoms with Crippen molar-refractivity contribution in [3.8, 4) is 0 Å². The minimum Gasteiger partial charge on any atom is -0.378 e. The highest BCUT2D eigenvalue weighted by Gasteiger charge is 2.33. The average molecular weight is 697 g/mol. The molecule has 3 aliphatic rings. The van der Waals surface area contributed by atoms with Crippen LogP contribution in [-0.2, 0) is 17.1 Å². The zero-order valence-corrected chi connectivity index (χ0v) is 26.2. The molecule has 49 heavy (non-hydrogen) atoms. The number of pyridine rings is 2. The standard InChI is InChI=1S/C21H22F3N5O4.C10H12F3N3/c22-21(23,24)15-3-4-25-19(13-15)27-5-7-28(8-6-27)20(30)17-14-16(29(31)32)1-2-18(17)26-9-11-33-12-10-26;11-10(12,13)8-1-2-15-9(7-8)16-5-3-14-4-6-16/h1-4,13-14H,5-12H2;1-2,7,14H,3-6H2. The summed E-state index contributed by atoms with van der Waals surface area (Å²) in [5.74, 6) is 0.245. The van der Waals surface area contributed by atoms with Crippen molar-refractivity contribution in [2.45, 2.75) is 12.4 Å². The summed E-state index contributed by atoms with van der Waals surface area (Å²) in [6, 6.07) is 8.25. The van der Waals surface area contributed by atoms with Gasteiger partial charge < -0.3 is 29.7 Å². The normalized spacial score (nSPS) is 17.3. The van der Waals surface area contributed by atoms with Crippen LogP contribution in [0.1, 0.15) is 21.5 Å². The molecule has 18 heteroatoms. The quantitative estimate of drug-likeness (QED) is 0.235. The van der Waals surface area contributed by atoms with Crippen molar-refractivity contribution in [2.24, 2.45) is 0 Å². The number of amides is 1. The molecule has 0 spiro atoms. The molecular weight excluding hydrogens is 662 g/mol. The molecule has 0 radical (unpaired) electrons. The maximum Gasteiger partial charge on any atom is 0.416 e. The molecule has 3 fully saturated rings. The van der Waals surface area contributed by atoms with Crippen molar-refractivity contribution < 1.29 is 40.8 Å². The highest BCUT2D eigenvalue weighted by molar-refractivity contribution is 6.00. The van der Waals surface area contributed by atoms with E-state index < -0.39 is 28.4 Å². The summed E-state index contributed by atoms with van der Waals surface area (Å²) in [6.07, 6.45) is -6.44. The number of rotatable bonds is 5. The third kappa shape index (κ3) is 9.05. The SMILES string of the molecule is FC(F)(F)c1ccnc(N2CCNCC2)c1.O=C(c1cc([N+](=O)[O-])ccc1N1CCOCC1)N1CCN(c2cc(C(F)(F)F)ccn2)CC1. The van der Waals surface area contributed by atoms with Crippen molar-refractivity contribution in [2.75, 3.05) is 93.4 Å². The predicted octanol–water partition coefficient (Wildman–Crippen LogP) is 4.32. The lowest BCUT2D eigenvalue weighted by atomic mass is 10.1. The van der Waals surface area contributed by atoms with Gasteiger partial charge in [-0.25, -0.2) is 9.97 Å². The van der Waals surface area contributed by atoms with E-state index in [1.165, 1.54) is 18.3 Å². The van der Waals surface area contributed by atoms with E-state index in [2.05, 4.69) is 15.3 Å². The number of ether oxygens (including phenoxy) is 1. The second kappa shape index (κ2) is 15.2. The number of nitro benzene ring substituents is 1. The number of nitro groups is 1. The summed E-state index contributed by atoms with van der Waals surface area (Å²) >= 11 is 0. The first-order valence-electron chi connectivity index (χ1n) is 15.5. The molecular formula is C31H34F6N8O4. The smallest absolute Gasteiger partial charge is 0.378 e. The van der Waals surface area contributed by atoms with Crippen LogP contribution in [0.4, 0.5) is 49.4 Å². The molecule has 0 bridgehead atoms. The first-order valence-corrected chi connectivity index (χ1v) is 15.5. The monoisotopic (exact) mass is 696 g/mol. The van der Waals surface area contributed by atoms with Crippen LogP contribution < -0.4 is 20.0 Å². The summed E-state index contributed by atoms with van der Waals surface area (Å²) < 4.78 is 81.8. The molecule has 3 aliphatic heterocycles. The van der Waals surface area contributed by atoms with E-state index in [1.807, 2.05) is 9.80 Å². The molecule has 5 heterocycles. The van der Waals surface area contributed by atoms with Crippen molar-refractivity contribution in [1.29, 1.82) is 0 Å². The van der Waals surface area contributed by atoms with Crippen LogP contribution in [0.5, 0.6) is 0 Å². The van der Waals surface area contributed by atoms with Gasteiger partial charge in [0.15, 0.2) is 0 Å². The molecule has 264 valence electrons. The zero-order valence-electron chi connectivity index (χ0n) is 26.2. The van der Waals surface area contributed by atoms with E-state index >= 15 is 0 Å². The lowest BCUT2D eigenvalue weighted by Gasteiger charge is -2.36. The molecule has 3 aromatic rings. The Morgan fingerprint density at radius 1 is 0.735 bits per heavy atom. The Kier molecular flexibility index (Phi) is 11.1. The third-order valence-corrected chi connectivity index (χ3v) is 8.25. The number of aromatic nitrogens is 2. The average Bonchev–Trinajstić information content (AvgIpc) is 3.11. The number of carbonyl (C=O) groups is 1. The van der Waals surface area contributed by atoms with Crippen LogP contribution in [0.25, 0.3) is 0 Å². The second-order valence-electron chi connectivity index (χ2n) is 11.4. The first-order chi connectivity index (χ1) is 23.3. The molecule has 0 aliphatic carbocycles. The van der Waals surface area contributed by atoms with Crippen LogP contribution in [0, 0.1) is 10.1 Å². The highest BCUT2D eigenvalue weighted by Crippen LogP contribution is 2.33. The number of hydrogen-bond donors (Lipinski definition) is 1. The Hall–Kier alpha value is -4.71. The summed E-state index contributed by atoms with van der Waals surface area (Å²) in [5.41, 5.74) is -0.761. The molecule has 12 nitrogen and oxygen atoms in total. The fraction of sp³-hybridized carbons (Fsp3) is 0.452. The number of piperazine rings is 2. The number of anilines is 3. The Morgan fingerprint density at radius 3 is 1.78 bits per heavy atom. The van der Waals surface area contributed by atoms with Crippen molar-refractivity contribution in [1.82, 2.24) is 20.2 Å². The van der Waals surface area contributed by atoms with Gasteiger partial charge in [-0.1, -0.05) is 0 Å². The number of nitrogens with one attached hydrogen (secondary N) is 1. The Balaban J connectivity index is 0.000000244. The minimum atomic E-state index is -4.46. The fourth-order valence-electron chi connectivity index (χ4n) is 5.63. The number of carbonyl (C=O) groups excluding carboxylic acids is 1. The van der Waals surface area contributed by atoms with Gasteiger partial charge in [-0.2, -0.15) is 26.3 Å². The van der Waals surface area contributed by atoms with E-state index in [0.29, 0.717) is 64.0 Å². The summed E-state index contributed by atoms with van der Waals surface area (Å²) in [4.78, 5) is 39.2. The van der Waals surface area contributed by atoms with Gasteiger partial charge in [0, 0.05) is 90.0 Å². The number of hydrogen-bond acceptors (Lipinski definition) is 10. The molecule has 1 N–H and O–H groups in total. The molecule has 0 atom stereocenters. The summed E-state index contributed by atoms with van der Waals surface area (Å²) in [5, 5.41) is 14.4. The van der Waals surface area contributed by atoms with Gasteiger partial charge in [-0.3, -0.25) is 14.9 Å². The van der Waals surface area contributed by atoms with E-state index in [9.17, 15) is 41.3 Å². The molecule has 0 saturated carbocycles. The van der Waals surface area contributed by atoms with Crippen molar-refractivity contribution >= 4 is 28.9 Å². The number of halogens is 6. The zero-order chi connectivity index (χ0) is 35.2. The summed E-state index contributed by atoms with van der Waals surface area (Å²) in [7, 11) is 0. The largest absolute Gasteiger partial charge is 0.416 e. The number of morpholine rings is 1. The molecule has 2 aromatic heterocycles. The van der Waals surface area contributed by atoms with Gasteiger partial charge in [0.1, 0.15) is 11.6 Å². The molecule has 1 aromatic carbocycles. The van der Waals surface area contributed by atoms with Crippen LogP contribution in [0.2, 0.25) is 0 Å². The second-order valence-corrected chi connectivity index (χ2v) is 11.4. The topological polar surface area (TPSA) is 120 Å². The molecule has 1 amide bonds. The number of non-ortho nitro benzene ring substituents is 1. The van der Waals surface area contributed by atoms with Gasteiger partial charge in [0.05, 0.1) is 40.5 Å². The van der Waals surface area contributed by atoms with Crippen LogP contribution in [0.15, 0.2) is 54.9 Å². The fourth-order valence-corrected chi connectivity index (χ4v) is 5.63. The van der Waals surface area contributed by atoms with Crippen LogP contribution in [0.3, 0.4) is 0 Å². The first kappa shape index (κ1) is 35.6. The van der Waals surface area contributed by atoms with Gasteiger partial charge in [0.25, 0.3) is 11.6 Å². The van der Waals surface area contributed by atoms with Gasteiger partial charge in [-0.15, -0.1) is 0 Å². The Labute approximate surface area is 277 Å². The third-order valence-electron chi connectivity index (χ3n) is 8.25. The van der Waals surface area contributed by atoms with Gasteiger partial charge >= 0.3 is 12.4 Å². The maximum atomic E-state index is 13.3. The van der Waals surface area contributed by atoms with Crippen molar-refractivity contribution in [3.63, 3.8) is 0 Å². The lowest BCUT2D eigenvalue weighted by Crippen LogP contribution is -2.49. The minimum absolute atomic E-state index is 0.179. The highest BCUT2D eigenvalue weighted by atomic mass is 19.4. The summed E-state index contributed by atoms with van der Waals surface area (Å²) in [6.45, 7) is 6.13. The predicted molar refractivity (Wildman–Crippen MR) is 168 cm³/mol. The van der Waals surface area contributed by atoms with E-state index in [4.69, 9.17) is 4.74 Å². The van der Waals surface area contributed by atoms with Crippen molar-refractivity contribution in [3.05, 3.63) is 81.7 Å². The number of benzene rings is 1. The molecule has 3 saturated heterocycles. The van der Waals surface area contributed by atoms with Crippen LogP contribution in [-0.4, -0.2) is 104 Å². The van der Waals surface area contributed by atoms with E-state index in [-0.39, 0.29) is 36.1 Å². The van der Waals surface area contributed by atoms with E-state index in [0.717, 1.165) is 43.6 Å². The maximum absolute atomic E-state index is 13.3. The van der Waals surface area contributed by atoms with E-state index in [1.54, 1.807) is 15.9 Å². The van der Waals surface area contributed by atoms with Gasteiger partial charge in [-0.05, 0) is 30.3 Å². The Morgan fingerprint density at radius 2 is 1.27 bits per heavy atom. The van der Waals surface area contributed by atoms with Crippen LogP contribution >= 0.6 is 0 Å².